The molecule has 0 atom stereocenters. The smallest absolute Gasteiger partial charge is 0.277 e. The van der Waals surface area contributed by atoms with Crippen LogP contribution in [0.15, 0.2) is 34.9 Å². The second-order valence-corrected chi connectivity index (χ2v) is 3.75. The second kappa shape index (κ2) is 5.80. The first-order valence-corrected chi connectivity index (χ1v) is 5.49. The fourth-order valence-electron chi connectivity index (χ4n) is 1.45. The van der Waals surface area contributed by atoms with Gasteiger partial charge in [-0.25, -0.2) is 0 Å². The molecule has 1 N–H and O–H groups in total. The van der Waals surface area contributed by atoms with E-state index >= 15 is 0 Å². The number of amides is 1. The zero-order chi connectivity index (χ0) is 13.7. The quantitative estimate of drug-likeness (QED) is 0.904. The maximum atomic E-state index is 11.8. The molecule has 0 aliphatic carbocycles. The van der Waals surface area contributed by atoms with Crippen molar-refractivity contribution in [3.05, 3.63) is 47.3 Å². The highest BCUT2D eigenvalue weighted by Crippen LogP contribution is 2.11. The number of rotatable bonds is 4. The van der Waals surface area contributed by atoms with Gasteiger partial charge in [-0.15, -0.1) is 0 Å². The average Bonchev–Trinajstić information content (AvgIpc) is 2.89. The Morgan fingerprint density at radius 2 is 2.21 bits per heavy atom. The number of nitriles is 1. The van der Waals surface area contributed by atoms with E-state index < -0.39 is 0 Å². The molecule has 0 spiro atoms. The Hall–Kier alpha value is -2.65. The van der Waals surface area contributed by atoms with Crippen molar-refractivity contribution in [2.75, 3.05) is 12.4 Å². The average molecular weight is 257 g/mol. The van der Waals surface area contributed by atoms with Gasteiger partial charge in [0.25, 0.3) is 5.91 Å². The van der Waals surface area contributed by atoms with Crippen LogP contribution in [0.1, 0.15) is 21.8 Å². The number of nitrogens with one attached hydrogen (secondary N) is 1. The molecule has 0 saturated heterocycles. The van der Waals surface area contributed by atoms with Crippen molar-refractivity contribution >= 4 is 11.6 Å². The number of aromatic nitrogens is 1. The zero-order valence-corrected chi connectivity index (χ0v) is 10.2. The van der Waals surface area contributed by atoms with Crippen LogP contribution in [0.4, 0.5) is 5.69 Å². The molecule has 6 nitrogen and oxygen atoms in total. The third-order valence-electron chi connectivity index (χ3n) is 2.35. The maximum absolute atomic E-state index is 11.8. The molecular formula is C13H11N3O3. The largest absolute Gasteiger partial charge is 0.377 e. The highest BCUT2D eigenvalue weighted by molar-refractivity contribution is 6.02. The molecule has 0 fully saturated rings. The molecule has 2 rings (SSSR count). The van der Waals surface area contributed by atoms with E-state index in [1.54, 1.807) is 24.3 Å². The summed E-state index contributed by atoms with van der Waals surface area (Å²) < 4.78 is 9.79. The third-order valence-corrected chi connectivity index (χ3v) is 2.35. The topological polar surface area (TPSA) is 88.1 Å². The number of benzene rings is 1. The summed E-state index contributed by atoms with van der Waals surface area (Å²) in [6.07, 6.45) is 0. The minimum atomic E-state index is -0.379. The molecule has 2 aromatic rings. The van der Waals surface area contributed by atoms with E-state index in [0.717, 1.165) is 0 Å². The number of anilines is 1. The molecular weight excluding hydrogens is 246 g/mol. The van der Waals surface area contributed by atoms with Crippen LogP contribution < -0.4 is 5.32 Å². The van der Waals surface area contributed by atoms with E-state index in [9.17, 15) is 4.79 Å². The fraction of sp³-hybridized carbons (Fsp3) is 0.154. The van der Waals surface area contributed by atoms with E-state index in [2.05, 4.69) is 10.5 Å². The van der Waals surface area contributed by atoms with Gasteiger partial charge in [-0.3, -0.25) is 4.79 Å². The van der Waals surface area contributed by atoms with Gasteiger partial charge in [-0.1, -0.05) is 5.16 Å². The zero-order valence-electron chi connectivity index (χ0n) is 10.2. The SMILES string of the molecule is COCc1cc(C(=O)Nc2ccc(C#N)cc2)no1. The van der Waals surface area contributed by atoms with Gasteiger partial charge >= 0.3 is 0 Å². The Morgan fingerprint density at radius 3 is 2.84 bits per heavy atom. The van der Waals surface area contributed by atoms with Crippen molar-refractivity contribution < 1.29 is 14.1 Å². The van der Waals surface area contributed by atoms with E-state index in [-0.39, 0.29) is 18.2 Å². The fourth-order valence-corrected chi connectivity index (χ4v) is 1.45. The molecule has 1 aromatic carbocycles. The summed E-state index contributed by atoms with van der Waals surface area (Å²) in [5.74, 6) is 0.100. The van der Waals surface area contributed by atoms with Crippen LogP contribution in [-0.4, -0.2) is 18.2 Å². The van der Waals surface area contributed by atoms with E-state index in [1.807, 2.05) is 6.07 Å². The summed E-state index contributed by atoms with van der Waals surface area (Å²) in [7, 11) is 1.53. The number of methoxy groups -OCH3 is 1. The number of carbonyl (C=O) groups is 1. The Labute approximate surface area is 109 Å². The Balaban J connectivity index is 2.05. The predicted molar refractivity (Wildman–Crippen MR) is 66.3 cm³/mol. The molecule has 6 heteroatoms. The molecule has 0 radical (unpaired) electrons. The number of hydrogen-bond donors (Lipinski definition) is 1. The Bertz CT molecular complexity index is 611. The predicted octanol–water partition coefficient (Wildman–Crippen LogP) is 1.94. The van der Waals surface area contributed by atoms with Gasteiger partial charge in [0, 0.05) is 18.9 Å². The Kier molecular flexibility index (Phi) is 3.90. The lowest BCUT2D eigenvalue weighted by Gasteiger charge is -2.01. The molecule has 0 aliphatic rings. The van der Waals surface area contributed by atoms with Crippen molar-refractivity contribution in [3.63, 3.8) is 0 Å². The van der Waals surface area contributed by atoms with Gasteiger partial charge in [0.15, 0.2) is 11.5 Å². The van der Waals surface area contributed by atoms with Crippen LogP contribution in [0.5, 0.6) is 0 Å². The summed E-state index contributed by atoms with van der Waals surface area (Å²) in [4.78, 5) is 11.8. The van der Waals surface area contributed by atoms with Crippen LogP contribution >= 0.6 is 0 Å². The van der Waals surface area contributed by atoms with Gasteiger partial charge in [-0.2, -0.15) is 5.26 Å². The molecule has 19 heavy (non-hydrogen) atoms. The number of carbonyl (C=O) groups excluding carboxylic acids is 1. The number of nitrogens with zero attached hydrogens (tertiary/aromatic N) is 2. The van der Waals surface area contributed by atoms with Crippen molar-refractivity contribution in [2.24, 2.45) is 0 Å². The van der Waals surface area contributed by atoms with E-state index in [4.69, 9.17) is 14.5 Å². The second-order valence-electron chi connectivity index (χ2n) is 3.75. The van der Waals surface area contributed by atoms with E-state index in [1.165, 1.54) is 13.2 Å². The van der Waals surface area contributed by atoms with Gasteiger partial charge in [-0.05, 0) is 24.3 Å². The van der Waals surface area contributed by atoms with Crippen LogP contribution in [0.3, 0.4) is 0 Å². The minimum absolute atomic E-state index is 0.177. The maximum Gasteiger partial charge on any atom is 0.277 e. The third kappa shape index (κ3) is 3.18. The first kappa shape index (κ1) is 12.8. The summed E-state index contributed by atoms with van der Waals surface area (Å²) >= 11 is 0. The molecule has 1 heterocycles. The normalized spacial score (nSPS) is 9.89. The lowest BCUT2D eigenvalue weighted by Crippen LogP contribution is -2.12. The van der Waals surface area contributed by atoms with Crippen molar-refractivity contribution in [1.82, 2.24) is 5.16 Å². The minimum Gasteiger partial charge on any atom is -0.377 e. The van der Waals surface area contributed by atoms with Crippen LogP contribution in [0.25, 0.3) is 0 Å². The van der Waals surface area contributed by atoms with Crippen molar-refractivity contribution in [1.29, 1.82) is 5.26 Å². The van der Waals surface area contributed by atoms with Gasteiger partial charge < -0.3 is 14.6 Å². The molecule has 0 saturated carbocycles. The monoisotopic (exact) mass is 257 g/mol. The standard InChI is InChI=1S/C13H11N3O3/c1-18-8-11-6-12(16-19-11)13(17)15-10-4-2-9(7-14)3-5-10/h2-6H,8H2,1H3,(H,15,17). The highest BCUT2D eigenvalue weighted by atomic mass is 16.5. The first-order chi connectivity index (χ1) is 9.22. The summed E-state index contributed by atoms with van der Waals surface area (Å²) in [6.45, 7) is 0.261. The van der Waals surface area contributed by atoms with Gasteiger partial charge in [0.1, 0.15) is 6.61 Å². The van der Waals surface area contributed by atoms with E-state index in [0.29, 0.717) is 17.0 Å². The molecule has 1 amide bonds. The highest BCUT2D eigenvalue weighted by Gasteiger charge is 2.12. The van der Waals surface area contributed by atoms with Crippen LogP contribution in [0, 0.1) is 11.3 Å². The summed E-state index contributed by atoms with van der Waals surface area (Å²) in [5.41, 5.74) is 1.29. The molecule has 0 unspecified atom stereocenters. The lowest BCUT2D eigenvalue weighted by molar-refractivity contribution is 0.101. The van der Waals surface area contributed by atoms with Gasteiger partial charge in [0.05, 0.1) is 11.6 Å². The van der Waals surface area contributed by atoms with Crippen molar-refractivity contribution in [2.45, 2.75) is 6.61 Å². The molecule has 1 aromatic heterocycles. The van der Waals surface area contributed by atoms with Gasteiger partial charge in [0.2, 0.25) is 0 Å². The molecule has 0 bridgehead atoms. The Morgan fingerprint density at radius 1 is 1.47 bits per heavy atom. The van der Waals surface area contributed by atoms with Crippen LogP contribution in [-0.2, 0) is 11.3 Å². The number of hydrogen-bond acceptors (Lipinski definition) is 5. The number of ether oxygens (including phenoxy) is 1. The van der Waals surface area contributed by atoms with Crippen LogP contribution in [0.2, 0.25) is 0 Å². The summed E-state index contributed by atoms with van der Waals surface area (Å²) in [6, 6.07) is 10.0. The summed E-state index contributed by atoms with van der Waals surface area (Å²) in [5, 5.41) is 15.0. The molecule has 0 aliphatic heterocycles. The molecule has 96 valence electrons. The lowest BCUT2D eigenvalue weighted by atomic mass is 10.2. The first-order valence-electron chi connectivity index (χ1n) is 5.49. The van der Waals surface area contributed by atoms with Crippen molar-refractivity contribution in [3.8, 4) is 6.07 Å².